The highest BCUT2D eigenvalue weighted by atomic mass is 32.1. The van der Waals surface area contributed by atoms with Gasteiger partial charge in [0.15, 0.2) is 5.13 Å². The van der Waals surface area contributed by atoms with Crippen LogP contribution in [-0.4, -0.2) is 49.2 Å². The average molecular weight is 296 g/mol. The van der Waals surface area contributed by atoms with Crippen molar-refractivity contribution in [3.63, 3.8) is 0 Å². The largest absolute Gasteiger partial charge is 0.346 e. The van der Waals surface area contributed by atoms with Crippen LogP contribution < -0.4 is 10.6 Å². The Labute approximate surface area is 127 Å². The highest BCUT2D eigenvalue weighted by molar-refractivity contribution is 7.13. The highest BCUT2D eigenvalue weighted by Gasteiger charge is 2.23. The number of nitrogens with zero attached hydrogens (tertiary/aromatic N) is 3. The lowest BCUT2D eigenvalue weighted by Crippen LogP contribution is -2.48. The van der Waals surface area contributed by atoms with Crippen molar-refractivity contribution in [2.75, 3.05) is 44.2 Å². The normalized spacial score (nSPS) is 19.3. The second-order valence-corrected chi connectivity index (χ2v) is 7.84. The standard InChI is InChI=1S/C15H28N4S/c1-15(2,3)10-13(11-16)12-18-5-7-19(8-6-18)14-17-4-9-20-14/h4,9,13H,5-8,10-12,16H2,1-3H3. The van der Waals surface area contributed by atoms with Crippen LogP contribution in [0.25, 0.3) is 0 Å². The van der Waals surface area contributed by atoms with Gasteiger partial charge < -0.3 is 10.6 Å². The minimum atomic E-state index is 0.368. The van der Waals surface area contributed by atoms with Crippen molar-refractivity contribution >= 4 is 16.5 Å². The molecule has 1 aromatic rings. The molecule has 1 aliphatic rings. The molecule has 0 saturated carbocycles. The van der Waals surface area contributed by atoms with Crippen LogP contribution >= 0.6 is 11.3 Å². The summed E-state index contributed by atoms with van der Waals surface area (Å²) >= 11 is 1.73. The highest BCUT2D eigenvalue weighted by Crippen LogP contribution is 2.25. The molecule has 0 spiro atoms. The van der Waals surface area contributed by atoms with Crippen molar-refractivity contribution in [1.82, 2.24) is 9.88 Å². The van der Waals surface area contributed by atoms with Crippen LogP contribution in [0.3, 0.4) is 0 Å². The quantitative estimate of drug-likeness (QED) is 0.905. The Morgan fingerprint density at radius 1 is 1.30 bits per heavy atom. The van der Waals surface area contributed by atoms with E-state index < -0.39 is 0 Å². The summed E-state index contributed by atoms with van der Waals surface area (Å²) in [5.74, 6) is 0.612. The molecule has 20 heavy (non-hydrogen) atoms. The fourth-order valence-corrected chi connectivity index (χ4v) is 3.64. The molecule has 1 aliphatic heterocycles. The zero-order chi connectivity index (χ0) is 14.6. The molecule has 0 aliphatic carbocycles. The topological polar surface area (TPSA) is 45.4 Å². The summed E-state index contributed by atoms with van der Waals surface area (Å²) in [6.45, 7) is 13.3. The molecule has 2 N–H and O–H groups in total. The zero-order valence-corrected chi connectivity index (χ0v) is 13.8. The van der Waals surface area contributed by atoms with Gasteiger partial charge in [-0.3, -0.25) is 4.90 Å². The third-order valence-corrected chi connectivity index (χ3v) is 4.65. The van der Waals surface area contributed by atoms with E-state index in [0.717, 1.165) is 44.4 Å². The van der Waals surface area contributed by atoms with Crippen molar-refractivity contribution in [3.8, 4) is 0 Å². The number of hydrogen-bond acceptors (Lipinski definition) is 5. The van der Waals surface area contributed by atoms with E-state index in [-0.39, 0.29) is 0 Å². The third kappa shape index (κ3) is 4.72. The molecule has 1 aromatic heterocycles. The van der Waals surface area contributed by atoms with Gasteiger partial charge >= 0.3 is 0 Å². The number of anilines is 1. The summed E-state index contributed by atoms with van der Waals surface area (Å²) in [4.78, 5) is 9.35. The number of aromatic nitrogens is 1. The monoisotopic (exact) mass is 296 g/mol. The van der Waals surface area contributed by atoms with Crippen LogP contribution in [0.1, 0.15) is 27.2 Å². The van der Waals surface area contributed by atoms with E-state index in [4.69, 9.17) is 5.73 Å². The van der Waals surface area contributed by atoms with Gasteiger partial charge in [0.05, 0.1) is 0 Å². The van der Waals surface area contributed by atoms with Crippen molar-refractivity contribution in [2.24, 2.45) is 17.1 Å². The molecule has 2 rings (SSSR count). The molecule has 0 amide bonds. The van der Waals surface area contributed by atoms with Gasteiger partial charge in [-0.25, -0.2) is 4.98 Å². The van der Waals surface area contributed by atoms with E-state index in [9.17, 15) is 0 Å². The Morgan fingerprint density at radius 2 is 2.00 bits per heavy atom. The number of hydrogen-bond donors (Lipinski definition) is 1. The van der Waals surface area contributed by atoms with E-state index in [1.165, 1.54) is 6.42 Å². The molecule has 1 saturated heterocycles. The first-order valence-corrected chi connectivity index (χ1v) is 8.43. The summed E-state index contributed by atoms with van der Waals surface area (Å²) in [6, 6.07) is 0. The minimum absolute atomic E-state index is 0.368. The molecule has 114 valence electrons. The summed E-state index contributed by atoms with van der Waals surface area (Å²) in [5.41, 5.74) is 6.32. The second kappa shape index (κ2) is 6.87. The Bertz CT molecular complexity index is 377. The van der Waals surface area contributed by atoms with Crippen LogP contribution in [0, 0.1) is 11.3 Å². The number of thiazole rings is 1. The van der Waals surface area contributed by atoms with Crippen LogP contribution in [0.2, 0.25) is 0 Å². The van der Waals surface area contributed by atoms with Gasteiger partial charge in [-0.05, 0) is 24.3 Å². The summed E-state index contributed by atoms with van der Waals surface area (Å²) in [5, 5.41) is 3.21. The maximum absolute atomic E-state index is 5.96. The van der Waals surface area contributed by atoms with Gasteiger partial charge in [-0.2, -0.15) is 0 Å². The maximum Gasteiger partial charge on any atom is 0.185 e. The third-order valence-electron chi connectivity index (χ3n) is 3.81. The van der Waals surface area contributed by atoms with Gasteiger partial charge in [0.25, 0.3) is 0 Å². The van der Waals surface area contributed by atoms with Gasteiger partial charge in [-0.1, -0.05) is 20.8 Å². The average Bonchev–Trinajstić information content (AvgIpc) is 2.91. The maximum atomic E-state index is 5.96. The van der Waals surface area contributed by atoms with Crippen molar-refractivity contribution in [2.45, 2.75) is 27.2 Å². The Balaban J connectivity index is 1.78. The minimum Gasteiger partial charge on any atom is -0.346 e. The fraction of sp³-hybridized carbons (Fsp3) is 0.800. The molecule has 0 bridgehead atoms. The van der Waals surface area contributed by atoms with E-state index in [0.29, 0.717) is 11.3 Å². The lowest BCUT2D eigenvalue weighted by Gasteiger charge is -2.37. The lowest BCUT2D eigenvalue weighted by atomic mass is 9.84. The molecule has 1 unspecified atom stereocenters. The molecule has 4 nitrogen and oxygen atoms in total. The molecular formula is C15H28N4S. The number of nitrogens with two attached hydrogens (primary N) is 1. The predicted octanol–water partition coefficient (Wildman–Crippen LogP) is 2.28. The van der Waals surface area contributed by atoms with Gasteiger partial charge in [0.2, 0.25) is 0 Å². The fourth-order valence-electron chi connectivity index (χ4n) is 2.95. The molecule has 0 aromatic carbocycles. The van der Waals surface area contributed by atoms with Crippen molar-refractivity contribution in [3.05, 3.63) is 11.6 Å². The summed E-state index contributed by atoms with van der Waals surface area (Å²) in [7, 11) is 0. The Kier molecular flexibility index (Phi) is 5.41. The van der Waals surface area contributed by atoms with E-state index in [2.05, 4.69) is 40.9 Å². The molecular weight excluding hydrogens is 268 g/mol. The molecule has 1 fully saturated rings. The second-order valence-electron chi connectivity index (χ2n) is 6.97. The van der Waals surface area contributed by atoms with Crippen LogP contribution in [-0.2, 0) is 0 Å². The number of piperazine rings is 1. The predicted molar refractivity (Wildman–Crippen MR) is 87.4 cm³/mol. The summed E-state index contributed by atoms with van der Waals surface area (Å²) < 4.78 is 0. The van der Waals surface area contributed by atoms with Crippen LogP contribution in [0.15, 0.2) is 11.6 Å². The SMILES string of the molecule is CC(C)(C)CC(CN)CN1CCN(c2nccs2)CC1. The molecule has 5 heteroatoms. The van der Waals surface area contributed by atoms with E-state index in [1.807, 2.05) is 6.20 Å². The van der Waals surface area contributed by atoms with Crippen LogP contribution in [0.5, 0.6) is 0 Å². The Morgan fingerprint density at radius 3 is 2.50 bits per heavy atom. The first-order valence-electron chi connectivity index (χ1n) is 7.55. The molecule has 1 atom stereocenters. The van der Waals surface area contributed by atoms with Crippen molar-refractivity contribution < 1.29 is 0 Å². The smallest absolute Gasteiger partial charge is 0.185 e. The first kappa shape index (κ1) is 15.7. The lowest BCUT2D eigenvalue weighted by molar-refractivity contribution is 0.186. The summed E-state index contributed by atoms with van der Waals surface area (Å²) in [6.07, 6.45) is 3.09. The molecule has 0 radical (unpaired) electrons. The molecule has 2 heterocycles. The van der Waals surface area contributed by atoms with Crippen LogP contribution in [0.4, 0.5) is 5.13 Å². The number of rotatable bonds is 5. The zero-order valence-electron chi connectivity index (χ0n) is 13.0. The first-order chi connectivity index (χ1) is 9.48. The Hall–Kier alpha value is -0.650. The van der Waals surface area contributed by atoms with E-state index in [1.54, 1.807) is 11.3 Å². The van der Waals surface area contributed by atoms with Gasteiger partial charge in [0, 0.05) is 44.3 Å². The van der Waals surface area contributed by atoms with E-state index >= 15 is 0 Å². The van der Waals surface area contributed by atoms with Gasteiger partial charge in [0.1, 0.15) is 0 Å². The van der Waals surface area contributed by atoms with Crippen molar-refractivity contribution in [1.29, 1.82) is 0 Å². The van der Waals surface area contributed by atoms with Gasteiger partial charge in [-0.15, -0.1) is 11.3 Å².